The van der Waals surface area contributed by atoms with Gasteiger partial charge in [-0.05, 0) is 72.6 Å². The number of primary amides is 1. The number of hydrogen-bond donors (Lipinski definition) is 15. The van der Waals surface area contributed by atoms with E-state index in [0.717, 1.165) is 10.9 Å². The number of aliphatic hydroxyl groups excluding tert-OH is 1. The zero-order valence-corrected chi connectivity index (χ0v) is 48.5. The molecule has 466 valence electrons. The van der Waals surface area contributed by atoms with Crippen molar-refractivity contribution in [3.63, 3.8) is 0 Å². The first-order chi connectivity index (χ1) is 42.2. The minimum absolute atomic E-state index is 0.0935. The smallest absolute Gasteiger partial charge is 0.245 e. The Morgan fingerprint density at radius 3 is 1.77 bits per heavy atom. The van der Waals surface area contributed by atoms with Crippen LogP contribution in [0.25, 0.3) is 21.8 Å². The number of hydrogen-bond acceptors (Lipinski definition) is 14. The number of carbonyl (C=O) groups excluding carboxylic acids is 11. The number of likely N-dealkylation sites (tertiary alicyclic amines) is 1. The standard InChI is InChI=1S/C60H73N15O13/c1-32(2)20-47(60(88)75-19-7-12-49(75)59(87)65-28-50(61)78)73-55(83)44(22-34-25-63-40-10-5-3-8-38(34)40)69-52(80)29-66-53(81)43(21-33-13-15-37(77)16-14-33)70-58(86)48(30-76)74-56(84)45(23-35-26-64-41-11-6-4-9-39(35)41)71-57(85)46(24-36-27-62-31-67-36)72-54(82)42-17-18-51(79)68-42/h3-6,8-11,13-16,25-27,31-32,42-49,63-64,76-77H,7,12,17-24,28-30H2,1-2H3,(H2,61,78)(H,62,67)(H,65,87)(H,66,81)(H,68,79)(H,69,80)(H,70,86)(H,71,85)(H,72,82)(H,73,83)(H,74,84). The minimum atomic E-state index is -1.76. The van der Waals surface area contributed by atoms with E-state index < -0.39 is 127 Å². The van der Waals surface area contributed by atoms with Gasteiger partial charge in [-0.3, -0.25) is 52.7 Å². The van der Waals surface area contributed by atoms with Crippen molar-refractivity contribution in [1.82, 2.24) is 72.7 Å². The number of aromatic nitrogens is 4. The molecule has 8 unspecified atom stereocenters. The molecule has 5 heterocycles. The molecule has 3 aromatic heterocycles. The van der Waals surface area contributed by atoms with Crippen molar-refractivity contribution >= 4 is 86.8 Å². The second-order valence-electron chi connectivity index (χ2n) is 22.3. The van der Waals surface area contributed by atoms with Crippen molar-refractivity contribution in [3.05, 3.63) is 120 Å². The first-order valence-electron chi connectivity index (χ1n) is 28.9. The summed E-state index contributed by atoms with van der Waals surface area (Å²) in [5.74, 6) is -8.46. The van der Waals surface area contributed by atoms with E-state index in [1.807, 2.05) is 32.0 Å². The van der Waals surface area contributed by atoms with Gasteiger partial charge in [-0.15, -0.1) is 0 Å². The van der Waals surface area contributed by atoms with Crippen LogP contribution in [-0.4, -0.2) is 175 Å². The number of imidazole rings is 1. The van der Waals surface area contributed by atoms with E-state index in [1.54, 1.807) is 42.7 Å². The predicted octanol–water partition coefficient (Wildman–Crippen LogP) is -1.72. The quantitative estimate of drug-likeness (QED) is 0.0249. The van der Waals surface area contributed by atoms with Crippen LogP contribution < -0.4 is 53.6 Å². The lowest BCUT2D eigenvalue weighted by molar-refractivity contribution is -0.142. The van der Waals surface area contributed by atoms with Crippen LogP contribution in [-0.2, 0) is 78.4 Å². The van der Waals surface area contributed by atoms with Crippen LogP contribution in [0.15, 0.2) is 97.7 Å². The van der Waals surface area contributed by atoms with Crippen LogP contribution >= 0.6 is 0 Å². The van der Waals surface area contributed by atoms with E-state index in [0.29, 0.717) is 46.1 Å². The van der Waals surface area contributed by atoms with Gasteiger partial charge in [-0.25, -0.2) is 4.98 Å². The lowest BCUT2D eigenvalue weighted by Crippen LogP contribution is -2.60. The van der Waals surface area contributed by atoms with Gasteiger partial charge in [0.25, 0.3) is 0 Å². The Hall–Kier alpha value is -10.1. The van der Waals surface area contributed by atoms with E-state index in [-0.39, 0.29) is 69.1 Å². The van der Waals surface area contributed by atoms with Crippen molar-refractivity contribution in [2.24, 2.45) is 11.7 Å². The van der Waals surface area contributed by atoms with Gasteiger partial charge in [0.05, 0.1) is 26.0 Å². The Balaban J connectivity index is 0.981. The number of amides is 11. The summed E-state index contributed by atoms with van der Waals surface area (Å²) in [7, 11) is 0. The van der Waals surface area contributed by atoms with E-state index in [1.165, 1.54) is 41.7 Å². The zero-order chi connectivity index (χ0) is 63.0. The molecule has 3 aromatic carbocycles. The normalized spacial score (nSPS) is 16.7. The molecule has 0 radical (unpaired) electrons. The molecule has 6 aromatic rings. The third kappa shape index (κ3) is 17.1. The molecule has 88 heavy (non-hydrogen) atoms. The maximum atomic E-state index is 14.5. The number of aliphatic hydroxyl groups is 1. The highest BCUT2D eigenvalue weighted by molar-refractivity contribution is 5.99. The molecule has 2 saturated heterocycles. The van der Waals surface area contributed by atoms with Gasteiger partial charge < -0.3 is 83.6 Å². The maximum absolute atomic E-state index is 14.5. The van der Waals surface area contributed by atoms with Gasteiger partial charge in [0.2, 0.25) is 65.0 Å². The van der Waals surface area contributed by atoms with Crippen LogP contribution in [0, 0.1) is 5.92 Å². The Bertz CT molecular complexity index is 3510. The van der Waals surface area contributed by atoms with Gasteiger partial charge in [-0.2, -0.15) is 0 Å². The van der Waals surface area contributed by atoms with Crippen LogP contribution in [0.4, 0.5) is 0 Å². The number of rotatable bonds is 29. The second-order valence-corrected chi connectivity index (χ2v) is 22.3. The van der Waals surface area contributed by atoms with Crippen LogP contribution in [0.2, 0.25) is 0 Å². The Morgan fingerprint density at radius 2 is 1.20 bits per heavy atom. The average Bonchev–Trinajstić information content (AvgIpc) is 2.88. The van der Waals surface area contributed by atoms with Gasteiger partial charge >= 0.3 is 0 Å². The summed E-state index contributed by atoms with van der Waals surface area (Å²) >= 11 is 0. The van der Waals surface area contributed by atoms with Crippen molar-refractivity contribution in [3.8, 4) is 5.75 Å². The number of nitrogens with one attached hydrogen (secondary N) is 12. The highest BCUT2D eigenvalue weighted by atomic mass is 16.3. The summed E-state index contributed by atoms with van der Waals surface area (Å²) in [6.07, 6.45) is 6.76. The van der Waals surface area contributed by atoms with E-state index >= 15 is 0 Å². The number of aromatic amines is 3. The van der Waals surface area contributed by atoms with Crippen molar-refractivity contribution < 1.29 is 63.0 Å². The number of phenolic OH excluding ortho intramolecular Hbond substituents is 1. The minimum Gasteiger partial charge on any atom is -0.508 e. The van der Waals surface area contributed by atoms with Gasteiger partial charge in [0.1, 0.15) is 54.1 Å². The summed E-state index contributed by atoms with van der Waals surface area (Å²) in [5.41, 5.74) is 8.77. The summed E-state index contributed by atoms with van der Waals surface area (Å²) in [6.45, 7) is 1.70. The largest absolute Gasteiger partial charge is 0.508 e. The summed E-state index contributed by atoms with van der Waals surface area (Å²) < 4.78 is 0. The third-order valence-electron chi connectivity index (χ3n) is 15.3. The third-order valence-corrected chi connectivity index (χ3v) is 15.3. The molecule has 0 saturated carbocycles. The average molecular weight is 1210 g/mol. The lowest BCUT2D eigenvalue weighted by Gasteiger charge is -2.30. The number of nitrogens with zero attached hydrogens (tertiary/aromatic N) is 2. The Morgan fingerprint density at radius 1 is 0.636 bits per heavy atom. The number of aromatic hydroxyl groups is 1. The van der Waals surface area contributed by atoms with Crippen LogP contribution in [0.1, 0.15) is 68.3 Å². The molecule has 28 heteroatoms. The summed E-state index contributed by atoms with van der Waals surface area (Å²) in [4.78, 5) is 165. The molecule has 0 spiro atoms. The highest BCUT2D eigenvalue weighted by Gasteiger charge is 2.40. The first-order valence-corrected chi connectivity index (χ1v) is 28.9. The van der Waals surface area contributed by atoms with Gasteiger partial charge in [0.15, 0.2) is 0 Å². The number of para-hydroxylation sites is 2. The predicted molar refractivity (Wildman–Crippen MR) is 317 cm³/mol. The molecular formula is C60H73N15O13. The summed E-state index contributed by atoms with van der Waals surface area (Å²) in [6, 6.07) is 9.70. The van der Waals surface area contributed by atoms with Crippen LogP contribution in [0.5, 0.6) is 5.75 Å². The molecule has 2 aliphatic heterocycles. The number of nitrogens with two attached hydrogens (primary N) is 1. The Kier molecular flexibility index (Phi) is 21.6. The van der Waals surface area contributed by atoms with Crippen molar-refractivity contribution in [2.45, 2.75) is 120 Å². The first kappa shape index (κ1) is 63.9. The number of phenols is 1. The molecule has 11 amide bonds. The van der Waals surface area contributed by atoms with E-state index in [2.05, 4.69) is 67.8 Å². The molecule has 2 aliphatic rings. The fourth-order valence-corrected chi connectivity index (χ4v) is 10.8. The molecule has 8 atom stereocenters. The molecule has 0 aliphatic carbocycles. The molecule has 2 fully saturated rings. The number of benzene rings is 3. The zero-order valence-electron chi connectivity index (χ0n) is 48.5. The van der Waals surface area contributed by atoms with E-state index in [4.69, 9.17) is 5.73 Å². The topological polar surface area (TPSA) is 426 Å². The Labute approximate surface area is 504 Å². The summed E-state index contributed by atoms with van der Waals surface area (Å²) in [5, 5.41) is 45.7. The fraction of sp³-hybridized carbons (Fsp3) is 0.400. The molecule has 0 bridgehead atoms. The number of fused-ring (bicyclic) bond motifs is 2. The number of H-pyrrole nitrogens is 3. The van der Waals surface area contributed by atoms with Gasteiger partial charge in [0, 0.05) is 84.7 Å². The van der Waals surface area contributed by atoms with Crippen LogP contribution in [0.3, 0.4) is 0 Å². The highest BCUT2D eigenvalue weighted by Crippen LogP contribution is 2.24. The van der Waals surface area contributed by atoms with Crippen molar-refractivity contribution in [2.75, 3.05) is 26.2 Å². The molecular weight excluding hydrogens is 1140 g/mol. The molecule has 16 N–H and O–H groups in total. The maximum Gasteiger partial charge on any atom is 0.245 e. The van der Waals surface area contributed by atoms with Gasteiger partial charge in [-0.1, -0.05) is 62.4 Å². The SMILES string of the molecule is CC(C)CC(NC(=O)C(Cc1c[nH]c2ccccc12)NC(=O)CNC(=O)C(Cc1ccc(O)cc1)NC(=O)C(CO)NC(=O)C(Cc1c[nH]c2ccccc12)NC(=O)C(Cc1cnc[nH]1)NC(=O)C1CCC(=O)N1)C(=O)N1CCCC1C(=O)NCC(N)=O. The van der Waals surface area contributed by atoms with Crippen molar-refractivity contribution in [1.29, 1.82) is 0 Å². The lowest BCUT2D eigenvalue weighted by atomic mass is 10.00. The number of carbonyl (C=O) groups is 11. The second kappa shape index (κ2) is 29.8. The molecule has 28 nitrogen and oxygen atoms in total. The van der Waals surface area contributed by atoms with E-state index in [9.17, 15) is 63.0 Å². The monoisotopic (exact) mass is 1210 g/mol. The molecule has 8 rings (SSSR count). The fourth-order valence-electron chi connectivity index (χ4n) is 10.8.